The Morgan fingerprint density at radius 2 is 2.00 bits per heavy atom. The third-order valence-electron chi connectivity index (χ3n) is 4.09. The Balaban J connectivity index is 1.82. The predicted octanol–water partition coefficient (Wildman–Crippen LogP) is 2.71. The average molecular weight is 331 g/mol. The number of nitrogens with one attached hydrogen (secondary N) is 1. The van der Waals surface area contributed by atoms with Gasteiger partial charge in [0.2, 0.25) is 10.0 Å². The Labute approximate surface area is 137 Å². The fraction of sp³-hybridized carbons (Fsp3) is 0.353. The summed E-state index contributed by atoms with van der Waals surface area (Å²) in [6, 6.07) is 11.5. The van der Waals surface area contributed by atoms with Gasteiger partial charge in [0.25, 0.3) is 0 Å². The summed E-state index contributed by atoms with van der Waals surface area (Å²) in [6.45, 7) is 3.30. The molecule has 1 saturated carbocycles. The van der Waals surface area contributed by atoms with Crippen molar-refractivity contribution in [3.63, 3.8) is 0 Å². The Kier molecular flexibility index (Phi) is 4.12. The highest BCUT2D eigenvalue weighted by atomic mass is 32.2. The van der Waals surface area contributed by atoms with Crippen LogP contribution in [0.4, 0.5) is 5.69 Å². The van der Waals surface area contributed by atoms with Crippen LogP contribution in [-0.2, 0) is 10.0 Å². The van der Waals surface area contributed by atoms with Crippen LogP contribution in [0.25, 0.3) is 11.3 Å². The number of nitrogens with zero attached hydrogens (tertiary/aromatic N) is 1. The van der Waals surface area contributed by atoms with Gasteiger partial charge < -0.3 is 5.73 Å². The molecule has 0 amide bonds. The van der Waals surface area contributed by atoms with E-state index in [0.717, 1.165) is 23.2 Å². The zero-order valence-corrected chi connectivity index (χ0v) is 14.0. The van der Waals surface area contributed by atoms with Gasteiger partial charge in [0.05, 0.1) is 10.9 Å². The van der Waals surface area contributed by atoms with Gasteiger partial charge in [-0.05, 0) is 44.0 Å². The molecule has 0 radical (unpaired) electrons. The molecule has 1 aromatic carbocycles. The van der Waals surface area contributed by atoms with Crippen LogP contribution >= 0.6 is 0 Å². The normalized spacial score (nSPS) is 20.5. The maximum Gasteiger partial charge on any atom is 0.235 e. The molecular formula is C17H21N3O2S. The molecule has 1 heterocycles. The Hall–Kier alpha value is -1.92. The summed E-state index contributed by atoms with van der Waals surface area (Å²) in [5.74, 6) is 0.431. The van der Waals surface area contributed by atoms with Crippen molar-refractivity contribution < 1.29 is 8.42 Å². The van der Waals surface area contributed by atoms with Crippen molar-refractivity contribution in [2.24, 2.45) is 5.73 Å². The number of benzene rings is 1. The molecule has 5 nitrogen and oxygen atoms in total. The van der Waals surface area contributed by atoms with E-state index in [4.69, 9.17) is 5.73 Å². The van der Waals surface area contributed by atoms with Gasteiger partial charge in [-0.25, -0.2) is 8.42 Å². The van der Waals surface area contributed by atoms with Gasteiger partial charge in [0.15, 0.2) is 0 Å². The fourth-order valence-electron chi connectivity index (χ4n) is 2.42. The van der Waals surface area contributed by atoms with Crippen LogP contribution in [0.15, 0.2) is 42.6 Å². The van der Waals surface area contributed by atoms with E-state index in [0.29, 0.717) is 11.6 Å². The molecule has 0 aliphatic heterocycles. The standard InChI is InChI=1S/C17H21N3O2S/c1-11(2)23(21,22)20-14-5-3-4-12(8-14)17-7-6-13(10-19-17)15-9-16(15)18/h3-8,10-11,15-16,20H,9,18H2,1-2H3. The average Bonchev–Trinajstić information content (AvgIpc) is 3.24. The second kappa shape index (κ2) is 5.94. The zero-order valence-electron chi connectivity index (χ0n) is 13.2. The van der Waals surface area contributed by atoms with E-state index >= 15 is 0 Å². The van der Waals surface area contributed by atoms with Crippen LogP contribution in [0.1, 0.15) is 31.7 Å². The van der Waals surface area contributed by atoms with Gasteiger partial charge in [0, 0.05) is 29.4 Å². The number of hydrogen-bond acceptors (Lipinski definition) is 4. The lowest BCUT2D eigenvalue weighted by molar-refractivity contribution is 0.593. The summed E-state index contributed by atoms with van der Waals surface area (Å²) < 4.78 is 26.5. The first kappa shape index (κ1) is 16.0. The molecule has 1 aromatic heterocycles. The molecule has 2 atom stereocenters. The van der Waals surface area contributed by atoms with Crippen LogP contribution in [0, 0.1) is 0 Å². The monoisotopic (exact) mass is 331 g/mol. The topological polar surface area (TPSA) is 85.1 Å². The van der Waals surface area contributed by atoms with Crippen LogP contribution in [0.5, 0.6) is 0 Å². The van der Waals surface area contributed by atoms with E-state index < -0.39 is 15.3 Å². The van der Waals surface area contributed by atoms with Crippen molar-refractivity contribution >= 4 is 15.7 Å². The number of rotatable bonds is 5. The summed E-state index contributed by atoms with van der Waals surface area (Å²) in [6.07, 6.45) is 2.88. The van der Waals surface area contributed by atoms with Crippen molar-refractivity contribution in [3.05, 3.63) is 48.2 Å². The molecule has 23 heavy (non-hydrogen) atoms. The van der Waals surface area contributed by atoms with Gasteiger partial charge in [-0.1, -0.05) is 18.2 Å². The zero-order chi connectivity index (χ0) is 16.6. The predicted molar refractivity (Wildman–Crippen MR) is 92.7 cm³/mol. The van der Waals surface area contributed by atoms with Crippen molar-refractivity contribution in [2.45, 2.75) is 37.5 Å². The molecular weight excluding hydrogens is 310 g/mol. The first-order valence-electron chi connectivity index (χ1n) is 7.70. The molecule has 3 N–H and O–H groups in total. The van der Waals surface area contributed by atoms with Crippen molar-refractivity contribution in [3.8, 4) is 11.3 Å². The minimum Gasteiger partial charge on any atom is -0.327 e. The first-order valence-corrected chi connectivity index (χ1v) is 9.25. The highest BCUT2D eigenvalue weighted by molar-refractivity contribution is 7.93. The fourth-order valence-corrected chi connectivity index (χ4v) is 3.11. The molecule has 6 heteroatoms. The van der Waals surface area contributed by atoms with Crippen LogP contribution < -0.4 is 10.5 Å². The highest BCUT2D eigenvalue weighted by Gasteiger charge is 2.34. The number of anilines is 1. The summed E-state index contributed by atoms with van der Waals surface area (Å²) in [5.41, 5.74) is 9.26. The van der Waals surface area contributed by atoms with Gasteiger partial charge in [-0.2, -0.15) is 0 Å². The Morgan fingerprint density at radius 3 is 2.57 bits per heavy atom. The van der Waals surface area contributed by atoms with Gasteiger partial charge in [-0.3, -0.25) is 9.71 Å². The maximum absolute atomic E-state index is 12.0. The molecule has 2 unspecified atom stereocenters. The molecule has 0 spiro atoms. The molecule has 1 aliphatic carbocycles. The number of hydrogen-bond donors (Lipinski definition) is 2. The molecule has 0 bridgehead atoms. The largest absolute Gasteiger partial charge is 0.327 e. The van der Waals surface area contributed by atoms with Crippen molar-refractivity contribution in [2.75, 3.05) is 4.72 Å². The molecule has 2 aromatic rings. The highest BCUT2D eigenvalue weighted by Crippen LogP contribution is 2.38. The van der Waals surface area contributed by atoms with E-state index in [1.807, 2.05) is 30.5 Å². The van der Waals surface area contributed by atoms with E-state index in [1.165, 1.54) is 0 Å². The lowest BCUT2D eigenvalue weighted by atomic mass is 10.1. The quantitative estimate of drug-likeness (QED) is 0.882. The Morgan fingerprint density at radius 1 is 1.26 bits per heavy atom. The van der Waals surface area contributed by atoms with Crippen LogP contribution in [0.2, 0.25) is 0 Å². The second-order valence-corrected chi connectivity index (χ2v) is 8.50. The van der Waals surface area contributed by atoms with Gasteiger partial charge >= 0.3 is 0 Å². The van der Waals surface area contributed by atoms with Gasteiger partial charge in [0.1, 0.15) is 0 Å². The van der Waals surface area contributed by atoms with Crippen molar-refractivity contribution in [1.82, 2.24) is 4.98 Å². The summed E-state index contributed by atoms with van der Waals surface area (Å²) in [5, 5.41) is -0.480. The smallest absolute Gasteiger partial charge is 0.235 e. The van der Waals surface area contributed by atoms with E-state index in [9.17, 15) is 8.42 Å². The minimum atomic E-state index is -3.35. The minimum absolute atomic E-state index is 0.261. The van der Waals surface area contributed by atoms with Crippen LogP contribution in [-0.4, -0.2) is 24.7 Å². The van der Waals surface area contributed by atoms with E-state index in [-0.39, 0.29) is 6.04 Å². The third kappa shape index (κ3) is 3.54. The Bertz CT molecular complexity index is 801. The summed E-state index contributed by atoms with van der Waals surface area (Å²) >= 11 is 0. The van der Waals surface area contributed by atoms with E-state index in [1.54, 1.807) is 26.0 Å². The SMILES string of the molecule is CC(C)S(=O)(=O)Nc1cccc(-c2ccc(C3CC3N)cn2)c1. The summed E-state index contributed by atoms with van der Waals surface area (Å²) in [4.78, 5) is 4.48. The number of nitrogens with two attached hydrogens (primary N) is 1. The number of aromatic nitrogens is 1. The number of sulfonamides is 1. The lowest BCUT2D eigenvalue weighted by Crippen LogP contribution is -2.22. The van der Waals surface area contributed by atoms with Crippen molar-refractivity contribution in [1.29, 1.82) is 0 Å². The first-order chi connectivity index (χ1) is 10.9. The lowest BCUT2D eigenvalue weighted by Gasteiger charge is -2.11. The molecule has 1 fully saturated rings. The second-order valence-electron chi connectivity index (χ2n) is 6.26. The molecule has 3 rings (SSSR count). The summed E-state index contributed by atoms with van der Waals surface area (Å²) in [7, 11) is -3.35. The van der Waals surface area contributed by atoms with E-state index in [2.05, 4.69) is 9.71 Å². The number of pyridine rings is 1. The molecule has 0 saturated heterocycles. The third-order valence-corrected chi connectivity index (χ3v) is 5.85. The molecule has 1 aliphatic rings. The maximum atomic E-state index is 12.0. The van der Waals surface area contributed by atoms with Gasteiger partial charge in [-0.15, -0.1) is 0 Å². The molecule has 122 valence electrons. The van der Waals surface area contributed by atoms with Crippen LogP contribution in [0.3, 0.4) is 0 Å².